The zero-order valence-electron chi connectivity index (χ0n) is 12.4. The Balaban J connectivity index is 1.72. The van der Waals surface area contributed by atoms with Gasteiger partial charge in [0.15, 0.2) is 5.16 Å². The van der Waals surface area contributed by atoms with E-state index in [0.29, 0.717) is 10.8 Å². The summed E-state index contributed by atoms with van der Waals surface area (Å²) >= 11 is 1.14. The molecule has 3 aromatic rings. The molecule has 0 atom stereocenters. The summed E-state index contributed by atoms with van der Waals surface area (Å²) in [6, 6.07) is 12.8. The van der Waals surface area contributed by atoms with E-state index in [2.05, 4.69) is 15.3 Å². The largest absolute Gasteiger partial charge is 0.355 e. The van der Waals surface area contributed by atoms with Crippen molar-refractivity contribution in [3.8, 4) is 0 Å². The lowest BCUT2D eigenvalue weighted by molar-refractivity contribution is -0.113. The minimum absolute atomic E-state index is 0.135. The highest BCUT2D eigenvalue weighted by Gasteiger charge is 2.08. The maximum atomic E-state index is 11.9. The summed E-state index contributed by atoms with van der Waals surface area (Å²) in [6.45, 7) is 1.92. The average molecular weight is 326 g/mol. The van der Waals surface area contributed by atoms with Crippen LogP contribution >= 0.6 is 11.8 Å². The molecule has 0 radical (unpaired) electrons. The number of para-hydroxylation sites is 1. The van der Waals surface area contributed by atoms with Gasteiger partial charge in [0.25, 0.3) is 0 Å². The molecule has 0 bridgehead atoms. The molecule has 0 fully saturated rings. The van der Waals surface area contributed by atoms with E-state index in [1.807, 2.05) is 43.3 Å². The van der Waals surface area contributed by atoms with Crippen LogP contribution in [0.1, 0.15) is 5.56 Å². The molecule has 1 aromatic carbocycles. The standard InChI is InChI=1S/C16H14N4O2S/c1-11-7-8-20-13(9-11)18-15(19-16(20)22)23-10-14(21)17-12-5-3-2-4-6-12/h2-9H,10H2,1H3,(H,17,21). The van der Waals surface area contributed by atoms with E-state index in [0.717, 1.165) is 23.0 Å². The van der Waals surface area contributed by atoms with Gasteiger partial charge < -0.3 is 5.32 Å². The normalized spacial score (nSPS) is 10.7. The number of aromatic nitrogens is 3. The molecule has 1 N–H and O–H groups in total. The van der Waals surface area contributed by atoms with E-state index < -0.39 is 5.69 Å². The zero-order chi connectivity index (χ0) is 16.2. The molecule has 3 rings (SSSR count). The lowest BCUT2D eigenvalue weighted by Crippen LogP contribution is -2.20. The molecule has 0 spiro atoms. The maximum absolute atomic E-state index is 11.9. The van der Waals surface area contributed by atoms with Crippen LogP contribution in [0.15, 0.2) is 58.6 Å². The quantitative estimate of drug-likeness (QED) is 0.743. The van der Waals surface area contributed by atoms with Gasteiger partial charge in [-0.3, -0.25) is 9.20 Å². The van der Waals surface area contributed by atoms with Crippen LogP contribution in [0.3, 0.4) is 0 Å². The summed E-state index contributed by atoms with van der Waals surface area (Å²) in [5, 5.41) is 3.07. The molecule has 0 saturated heterocycles. The number of thioether (sulfide) groups is 1. The van der Waals surface area contributed by atoms with Crippen molar-refractivity contribution in [3.05, 3.63) is 64.7 Å². The molecule has 0 unspecified atom stereocenters. The highest BCUT2D eigenvalue weighted by molar-refractivity contribution is 7.99. The second-order valence-electron chi connectivity index (χ2n) is 4.92. The second kappa shape index (κ2) is 6.62. The van der Waals surface area contributed by atoms with Crippen molar-refractivity contribution in [2.75, 3.05) is 11.1 Å². The molecule has 2 heterocycles. The van der Waals surface area contributed by atoms with Crippen molar-refractivity contribution in [1.29, 1.82) is 0 Å². The summed E-state index contributed by atoms with van der Waals surface area (Å²) in [7, 11) is 0. The van der Waals surface area contributed by atoms with Gasteiger partial charge in [-0.05, 0) is 36.8 Å². The van der Waals surface area contributed by atoms with Crippen molar-refractivity contribution in [2.45, 2.75) is 12.1 Å². The third-order valence-electron chi connectivity index (χ3n) is 3.09. The van der Waals surface area contributed by atoms with Crippen LogP contribution in [-0.4, -0.2) is 26.0 Å². The first-order valence-electron chi connectivity index (χ1n) is 6.96. The van der Waals surface area contributed by atoms with E-state index in [-0.39, 0.29) is 11.7 Å². The molecule has 2 aromatic heterocycles. The molecule has 0 aliphatic rings. The van der Waals surface area contributed by atoms with Crippen LogP contribution in [0.25, 0.3) is 5.65 Å². The summed E-state index contributed by atoms with van der Waals surface area (Å²) in [5.41, 5.74) is 1.85. The Labute approximate surface area is 136 Å². The van der Waals surface area contributed by atoms with Crippen LogP contribution in [0.4, 0.5) is 5.69 Å². The Morgan fingerprint density at radius 2 is 2.00 bits per heavy atom. The summed E-state index contributed by atoms with van der Waals surface area (Å²) < 4.78 is 1.38. The number of aryl methyl sites for hydroxylation is 1. The van der Waals surface area contributed by atoms with E-state index in [1.54, 1.807) is 12.3 Å². The number of fused-ring (bicyclic) bond motifs is 1. The molecule has 6 nitrogen and oxygen atoms in total. The first-order chi connectivity index (χ1) is 11.1. The number of benzene rings is 1. The lowest BCUT2D eigenvalue weighted by atomic mass is 10.3. The number of nitrogens with one attached hydrogen (secondary N) is 1. The number of nitrogens with zero attached hydrogens (tertiary/aromatic N) is 3. The van der Waals surface area contributed by atoms with Crippen molar-refractivity contribution < 1.29 is 4.79 Å². The number of carbonyl (C=O) groups excluding carboxylic acids is 1. The van der Waals surface area contributed by atoms with E-state index in [9.17, 15) is 9.59 Å². The fraction of sp³-hybridized carbons (Fsp3) is 0.125. The van der Waals surface area contributed by atoms with Crippen LogP contribution in [0.2, 0.25) is 0 Å². The van der Waals surface area contributed by atoms with Gasteiger partial charge >= 0.3 is 5.69 Å². The highest BCUT2D eigenvalue weighted by atomic mass is 32.2. The Morgan fingerprint density at radius 1 is 1.22 bits per heavy atom. The summed E-state index contributed by atoms with van der Waals surface area (Å²) in [5.74, 6) is -0.0368. The monoisotopic (exact) mass is 326 g/mol. The number of hydrogen-bond donors (Lipinski definition) is 1. The number of rotatable bonds is 4. The Bertz CT molecular complexity index is 909. The smallest absolute Gasteiger partial charge is 0.325 e. The van der Waals surface area contributed by atoms with Gasteiger partial charge in [0.2, 0.25) is 5.91 Å². The summed E-state index contributed by atoms with van der Waals surface area (Å²) in [6.07, 6.45) is 1.64. The number of amides is 1. The maximum Gasteiger partial charge on any atom is 0.355 e. The molecule has 7 heteroatoms. The van der Waals surface area contributed by atoms with Crippen LogP contribution in [-0.2, 0) is 4.79 Å². The molecule has 0 aliphatic carbocycles. The first-order valence-corrected chi connectivity index (χ1v) is 7.95. The van der Waals surface area contributed by atoms with Crippen LogP contribution in [0, 0.1) is 6.92 Å². The number of pyridine rings is 1. The average Bonchev–Trinajstić information content (AvgIpc) is 2.53. The van der Waals surface area contributed by atoms with Gasteiger partial charge in [0.05, 0.1) is 5.75 Å². The Hall–Kier alpha value is -2.67. The SMILES string of the molecule is Cc1ccn2c(=O)nc(SCC(=O)Nc3ccccc3)nc2c1. The molecular weight excluding hydrogens is 312 g/mol. The van der Waals surface area contributed by atoms with Gasteiger partial charge in [-0.25, -0.2) is 9.78 Å². The fourth-order valence-electron chi connectivity index (χ4n) is 2.01. The number of hydrogen-bond acceptors (Lipinski definition) is 5. The minimum atomic E-state index is -0.402. The van der Waals surface area contributed by atoms with E-state index >= 15 is 0 Å². The first kappa shape index (κ1) is 15.2. The van der Waals surface area contributed by atoms with E-state index in [1.165, 1.54) is 4.40 Å². The van der Waals surface area contributed by atoms with Crippen molar-refractivity contribution in [2.24, 2.45) is 0 Å². The third kappa shape index (κ3) is 3.75. The van der Waals surface area contributed by atoms with Gasteiger partial charge in [-0.1, -0.05) is 30.0 Å². The van der Waals surface area contributed by atoms with Gasteiger partial charge in [0, 0.05) is 11.9 Å². The Morgan fingerprint density at radius 3 is 2.78 bits per heavy atom. The predicted octanol–water partition coefficient (Wildman–Crippen LogP) is 2.13. The second-order valence-corrected chi connectivity index (χ2v) is 5.87. The number of carbonyl (C=O) groups is 1. The summed E-state index contributed by atoms with van der Waals surface area (Å²) in [4.78, 5) is 32.1. The topological polar surface area (TPSA) is 76.4 Å². The van der Waals surface area contributed by atoms with Crippen molar-refractivity contribution in [3.63, 3.8) is 0 Å². The van der Waals surface area contributed by atoms with Crippen LogP contribution in [0.5, 0.6) is 0 Å². The number of anilines is 1. The van der Waals surface area contributed by atoms with E-state index in [4.69, 9.17) is 0 Å². The van der Waals surface area contributed by atoms with Crippen molar-refractivity contribution in [1.82, 2.24) is 14.4 Å². The molecule has 116 valence electrons. The van der Waals surface area contributed by atoms with Crippen LogP contribution < -0.4 is 11.0 Å². The van der Waals surface area contributed by atoms with Crippen molar-refractivity contribution >= 4 is 29.0 Å². The molecule has 1 amide bonds. The van der Waals surface area contributed by atoms with Gasteiger partial charge in [-0.2, -0.15) is 4.98 Å². The van der Waals surface area contributed by atoms with Gasteiger partial charge in [0.1, 0.15) is 5.65 Å². The van der Waals surface area contributed by atoms with Gasteiger partial charge in [-0.15, -0.1) is 0 Å². The molecule has 0 aliphatic heterocycles. The lowest BCUT2D eigenvalue weighted by Gasteiger charge is -2.05. The Kier molecular flexibility index (Phi) is 4.38. The molecule has 23 heavy (non-hydrogen) atoms. The minimum Gasteiger partial charge on any atom is -0.325 e. The zero-order valence-corrected chi connectivity index (χ0v) is 13.2. The molecular formula is C16H14N4O2S. The third-order valence-corrected chi connectivity index (χ3v) is 3.93. The highest BCUT2D eigenvalue weighted by Crippen LogP contribution is 2.13. The predicted molar refractivity (Wildman–Crippen MR) is 89.8 cm³/mol. The fourth-order valence-corrected chi connectivity index (χ4v) is 2.64. The molecule has 0 saturated carbocycles.